The minimum atomic E-state index is 0.0146. The van der Waals surface area contributed by atoms with Gasteiger partial charge in [-0.3, -0.25) is 4.79 Å². The summed E-state index contributed by atoms with van der Waals surface area (Å²) >= 11 is 5.95. The van der Waals surface area contributed by atoms with Gasteiger partial charge < -0.3 is 10.6 Å². The van der Waals surface area contributed by atoms with E-state index in [0.717, 1.165) is 13.1 Å². The third kappa shape index (κ3) is 2.67. The van der Waals surface area contributed by atoms with Crippen LogP contribution in [0.1, 0.15) is 6.92 Å². The van der Waals surface area contributed by atoms with Crippen LogP contribution in [0.2, 0.25) is 0 Å². The monoisotopic (exact) mass is 176 g/mol. The Kier molecular flexibility index (Phi) is 3.15. The van der Waals surface area contributed by atoms with Gasteiger partial charge in [0, 0.05) is 32.5 Å². The van der Waals surface area contributed by atoms with Gasteiger partial charge in [-0.1, -0.05) is 0 Å². The third-order valence-corrected chi connectivity index (χ3v) is 2.38. The van der Waals surface area contributed by atoms with E-state index in [1.807, 2.05) is 0 Å². The predicted octanol–water partition coefficient (Wildman–Crippen LogP) is -0.0507. The molecule has 64 valence electrons. The summed E-state index contributed by atoms with van der Waals surface area (Å²) in [4.78, 5) is 10.5. The van der Waals surface area contributed by atoms with Crippen molar-refractivity contribution in [3.8, 4) is 0 Å². The summed E-state index contributed by atoms with van der Waals surface area (Å²) in [6, 6.07) is 0. The van der Waals surface area contributed by atoms with Crippen molar-refractivity contribution >= 4 is 17.5 Å². The summed E-state index contributed by atoms with van der Waals surface area (Å²) < 4.78 is 0. The van der Waals surface area contributed by atoms with E-state index in [9.17, 15) is 4.79 Å². The minimum Gasteiger partial charge on any atom is -0.356 e. The summed E-state index contributed by atoms with van der Waals surface area (Å²) in [5, 5.41) is 6.09. The number of carbonyl (C=O) groups excluding carboxylic acids is 1. The van der Waals surface area contributed by atoms with Gasteiger partial charge in [-0.25, -0.2) is 0 Å². The molecule has 3 nitrogen and oxygen atoms in total. The van der Waals surface area contributed by atoms with Crippen molar-refractivity contribution in [2.45, 2.75) is 12.3 Å². The molecule has 4 heteroatoms. The number of carbonyl (C=O) groups is 1. The molecular weight excluding hydrogens is 164 g/mol. The van der Waals surface area contributed by atoms with Crippen LogP contribution < -0.4 is 10.6 Å². The van der Waals surface area contributed by atoms with Crippen LogP contribution in [-0.4, -0.2) is 30.9 Å². The lowest BCUT2D eigenvalue weighted by Gasteiger charge is -2.11. The summed E-state index contributed by atoms with van der Waals surface area (Å²) in [5.74, 6) is 0.404. The Morgan fingerprint density at radius 3 is 2.91 bits per heavy atom. The average Bonchev–Trinajstić information content (AvgIpc) is 2.31. The first-order valence-electron chi connectivity index (χ1n) is 3.79. The molecule has 2 unspecified atom stereocenters. The number of nitrogens with one attached hydrogen (secondary N) is 2. The van der Waals surface area contributed by atoms with Gasteiger partial charge >= 0.3 is 0 Å². The number of hydrogen-bond acceptors (Lipinski definition) is 2. The van der Waals surface area contributed by atoms with Gasteiger partial charge in [-0.2, -0.15) is 0 Å². The first kappa shape index (κ1) is 8.81. The lowest BCUT2D eigenvalue weighted by atomic mass is 10.1. The van der Waals surface area contributed by atoms with Gasteiger partial charge in [0.2, 0.25) is 5.91 Å². The van der Waals surface area contributed by atoms with E-state index >= 15 is 0 Å². The molecule has 1 rings (SSSR count). The molecule has 0 bridgehead atoms. The first-order valence-corrected chi connectivity index (χ1v) is 4.23. The zero-order valence-corrected chi connectivity index (χ0v) is 7.32. The van der Waals surface area contributed by atoms with Crippen molar-refractivity contribution in [2.75, 3.05) is 19.6 Å². The van der Waals surface area contributed by atoms with E-state index in [4.69, 9.17) is 11.6 Å². The zero-order valence-electron chi connectivity index (χ0n) is 6.56. The van der Waals surface area contributed by atoms with E-state index in [1.54, 1.807) is 0 Å². The van der Waals surface area contributed by atoms with Crippen molar-refractivity contribution in [3.63, 3.8) is 0 Å². The maximum atomic E-state index is 10.5. The fourth-order valence-corrected chi connectivity index (χ4v) is 1.46. The molecule has 0 aromatic rings. The summed E-state index contributed by atoms with van der Waals surface area (Å²) in [6.45, 7) is 3.97. The second-order valence-electron chi connectivity index (χ2n) is 2.87. The van der Waals surface area contributed by atoms with Gasteiger partial charge in [0.1, 0.15) is 0 Å². The molecule has 1 aliphatic heterocycles. The average molecular weight is 177 g/mol. The predicted molar refractivity (Wildman–Crippen MR) is 44.7 cm³/mol. The van der Waals surface area contributed by atoms with Crippen LogP contribution in [-0.2, 0) is 4.79 Å². The molecule has 0 aliphatic carbocycles. The largest absolute Gasteiger partial charge is 0.356 e. The first-order chi connectivity index (χ1) is 5.20. The van der Waals surface area contributed by atoms with Gasteiger partial charge in [-0.05, 0) is 0 Å². The summed E-state index contributed by atoms with van der Waals surface area (Å²) in [5.41, 5.74) is 0. The van der Waals surface area contributed by atoms with Crippen LogP contribution in [0.5, 0.6) is 0 Å². The second-order valence-corrected chi connectivity index (χ2v) is 3.43. The fourth-order valence-electron chi connectivity index (χ4n) is 1.18. The van der Waals surface area contributed by atoms with Crippen molar-refractivity contribution in [1.29, 1.82) is 0 Å². The quantitative estimate of drug-likeness (QED) is 0.580. The lowest BCUT2D eigenvalue weighted by molar-refractivity contribution is -0.119. The SMILES string of the molecule is CC(=O)NCC1CNCC1Cl. The van der Waals surface area contributed by atoms with E-state index < -0.39 is 0 Å². The highest BCUT2D eigenvalue weighted by Gasteiger charge is 2.24. The number of alkyl halides is 1. The summed E-state index contributed by atoms with van der Waals surface area (Å²) in [7, 11) is 0. The molecular formula is C7H13ClN2O. The highest BCUT2D eigenvalue weighted by Crippen LogP contribution is 2.13. The Hall–Kier alpha value is -0.280. The molecule has 2 N–H and O–H groups in total. The van der Waals surface area contributed by atoms with Crippen LogP contribution >= 0.6 is 11.6 Å². The highest BCUT2D eigenvalue weighted by atomic mass is 35.5. The number of hydrogen-bond donors (Lipinski definition) is 2. The second kappa shape index (κ2) is 3.93. The molecule has 0 saturated carbocycles. The highest BCUT2D eigenvalue weighted by molar-refractivity contribution is 6.21. The smallest absolute Gasteiger partial charge is 0.216 e. The van der Waals surface area contributed by atoms with Crippen LogP contribution in [0.4, 0.5) is 0 Å². The maximum Gasteiger partial charge on any atom is 0.216 e. The van der Waals surface area contributed by atoms with Gasteiger partial charge in [0.05, 0.1) is 5.38 Å². The Bertz CT molecular complexity index is 151. The zero-order chi connectivity index (χ0) is 8.27. The molecule has 1 saturated heterocycles. The van der Waals surface area contributed by atoms with Crippen molar-refractivity contribution in [2.24, 2.45) is 5.92 Å². The number of amides is 1. The molecule has 1 heterocycles. The van der Waals surface area contributed by atoms with Crippen molar-refractivity contribution < 1.29 is 4.79 Å². The number of rotatable bonds is 2. The Labute approximate surface area is 71.5 Å². The maximum absolute atomic E-state index is 10.5. The van der Waals surface area contributed by atoms with E-state index in [2.05, 4.69) is 10.6 Å². The fraction of sp³-hybridized carbons (Fsp3) is 0.857. The molecule has 0 radical (unpaired) electrons. The van der Waals surface area contributed by atoms with Crippen LogP contribution in [0.3, 0.4) is 0 Å². The summed E-state index contributed by atoms with van der Waals surface area (Å²) in [6.07, 6.45) is 0. The molecule has 2 atom stereocenters. The molecule has 1 amide bonds. The third-order valence-electron chi connectivity index (χ3n) is 1.87. The minimum absolute atomic E-state index is 0.0146. The topological polar surface area (TPSA) is 41.1 Å². The molecule has 1 aliphatic rings. The van der Waals surface area contributed by atoms with Crippen LogP contribution in [0, 0.1) is 5.92 Å². The number of halogens is 1. The Balaban J connectivity index is 2.20. The van der Waals surface area contributed by atoms with Crippen LogP contribution in [0.15, 0.2) is 0 Å². The normalized spacial score (nSPS) is 30.4. The molecule has 1 fully saturated rings. The molecule has 0 spiro atoms. The van der Waals surface area contributed by atoms with Crippen LogP contribution in [0.25, 0.3) is 0 Å². The van der Waals surface area contributed by atoms with Crippen molar-refractivity contribution in [1.82, 2.24) is 10.6 Å². The van der Waals surface area contributed by atoms with Crippen molar-refractivity contribution in [3.05, 3.63) is 0 Å². The Morgan fingerprint density at radius 2 is 2.45 bits per heavy atom. The lowest BCUT2D eigenvalue weighted by Crippen LogP contribution is -2.31. The van der Waals surface area contributed by atoms with Gasteiger partial charge in [0.25, 0.3) is 0 Å². The van der Waals surface area contributed by atoms with E-state index in [1.165, 1.54) is 6.92 Å². The standard InChI is InChI=1S/C7H13ClN2O/c1-5(11)10-3-6-2-9-4-7(6)8/h6-7,9H,2-4H2,1H3,(H,10,11). The van der Waals surface area contributed by atoms with Gasteiger partial charge in [-0.15, -0.1) is 11.6 Å². The van der Waals surface area contributed by atoms with E-state index in [-0.39, 0.29) is 11.3 Å². The molecule has 0 aromatic heterocycles. The van der Waals surface area contributed by atoms with Gasteiger partial charge in [0.15, 0.2) is 0 Å². The molecule has 0 aromatic carbocycles. The van der Waals surface area contributed by atoms with E-state index in [0.29, 0.717) is 12.5 Å². The Morgan fingerprint density at radius 1 is 1.73 bits per heavy atom. The molecule has 11 heavy (non-hydrogen) atoms.